The van der Waals surface area contributed by atoms with Crippen molar-refractivity contribution in [3.8, 4) is 0 Å². The van der Waals surface area contributed by atoms with E-state index in [4.69, 9.17) is 4.74 Å². The van der Waals surface area contributed by atoms with Crippen LogP contribution in [-0.2, 0) is 14.3 Å². The Morgan fingerprint density at radius 3 is 2.45 bits per heavy atom. The molecule has 1 heterocycles. The number of carbonyl (C=O) groups excluding carboxylic acids is 2. The molecule has 0 bridgehead atoms. The van der Waals surface area contributed by atoms with Gasteiger partial charge in [0.2, 0.25) is 11.8 Å². The van der Waals surface area contributed by atoms with Crippen molar-refractivity contribution in [2.75, 3.05) is 13.2 Å². The normalized spacial score (nSPS) is 24.2. The Kier molecular flexibility index (Phi) is 5.57. The molecule has 5 heteroatoms. The van der Waals surface area contributed by atoms with Gasteiger partial charge in [-0.15, -0.1) is 0 Å². The lowest BCUT2D eigenvalue weighted by Gasteiger charge is -2.41. The molecule has 20 heavy (non-hydrogen) atoms. The van der Waals surface area contributed by atoms with Gasteiger partial charge >= 0.3 is 0 Å². The third-order valence-electron chi connectivity index (χ3n) is 3.54. The van der Waals surface area contributed by atoms with Crippen molar-refractivity contribution in [2.24, 2.45) is 5.92 Å². The number of ether oxygens (including phenoxy) is 1. The summed E-state index contributed by atoms with van der Waals surface area (Å²) in [7, 11) is 0. The predicted octanol–water partition coefficient (Wildman–Crippen LogP) is 1.56. The number of rotatable bonds is 6. The largest absolute Gasteiger partial charge is 0.374 e. The quantitative estimate of drug-likeness (QED) is 0.805. The minimum absolute atomic E-state index is 0.00132. The molecule has 1 aliphatic heterocycles. The molecule has 0 aromatic heterocycles. The van der Waals surface area contributed by atoms with Crippen LogP contribution in [0.5, 0.6) is 0 Å². The smallest absolute Gasteiger partial charge is 0.245 e. The second-order valence-corrected chi connectivity index (χ2v) is 6.53. The highest BCUT2D eigenvalue weighted by molar-refractivity contribution is 5.96. The Balaban J connectivity index is 2.85. The molecule has 0 aliphatic carbocycles. The molecule has 0 aromatic carbocycles. The van der Waals surface area contributed by atoms with Gasteiger partial charge < -0.3 is 15.0 Å². The summed E-state index contributed by atoms with van der Waals surface area (Å²) >= 11 is 0. The first-order valence-electron chi connectivity index (χ1n) is 7.42. The molecule has 1 aliphatic rings. The lowest BCUT2D eigenvalue weighted by Crippen LogP contribution is -2.64. The second-order valence-electron chi connectivity index (χ2n) is 6.53. The highest BCUT2D eigenvalue weighted by Crippen LogP contribution is 2.20. The Morgan fingerprint density at radius 1 is 1.35 bits per heavy atom. The van der Waals surface area contributed by atoms with E-state index in [9.17, 15) is 9.59 Å². The molecule has 116 valence electrons. The maximum atomic E-state index is 12.6. The van der Waals surface area contributed by atoms with E-state index in [-0.39, 0.29) is 11.8 Å². The summed E-state index contributed by atoms with van der Waals surface area (Å²) in [6.07, 6.45) is 0.670. The van der Waals surface area contributed by atoms with Crippen LogP contribution < -0.4 is 5.32 Å². The minimum atomic E-state index is -0.446. The predicted molar refractivity (Wildman–Crippen MR) is 78.3 cm³/mol. The minimum Gasteiger partial charge on any atom is -0.374 e. The van der Waals surface area contributed by atoms with Crippen LogP contribution in [0.15, 0.2) is 0 Å². The van der Waals surface area contributed by atoms with E-state index in [0.29, 0.717) is 25.5 Å². The molecule has 2 atom stereocenters. The summed E-state index contributed by atoms with van der Waals surface area (Å²) in [5.41, 5.74) is -0.446. The number of carbonyl (C=O) groups is 2. The lowest BCUT2D eigenvalue weighted by molar-refractivity contribution is -0.153. The summed E-state index contributed by atoms with van der Waals surface area (Å²) in [5, 5.41) is 2.82. The molecule has 1 N–H and O–H groups in total. The van der Waals surface area contributed by atoms with Crippen molar-refractivity contribution in [1.82, 2.24) is 10.2 Å². The van der Waals surface area contributed by atoms with Gasteiger partial charge in [-0.1, -0.05) is 13.8 Å². The zero-order chi connectivity index (χ0) is 15.5. The van der Waals surface area contributed by atoms with Gasteiger partial charge in [0.1, 0.15) is 12.1 Å². The van der Waals surface area contributed by atoms with Crippen LogP contribution in [0.1, 0.15) is 48.0 Å². The fraction of sp³-hybridized carbons (Fsp3) is 0.867. The van der Waals surface area contributed by atoms with Crippen LogP contribution in [0, 0.1) is 5.92 Å². The zero-order valence-electron chi connectivity index (χ0n) is 13.5. The van der Waals surface area contributed by atoms with Crippen LogP contribution in [0.3, 0.4) is 0 Å². The van der Waals surface area contributed by atoms with Gasteiger partial charge in [-0.05, 0) is 40.0 Å². The van der Waals surface area contributed by atoms with Crippen molar-refractivity contribution in [3.05, 3.63) is 0 Å². The third kappa shape index (κ3) is 4.20. The van der Waals surface area contributed by atoms with Crippen molar-refractivity contribution in [1.29, 1.82) is 0 Å². The number of nitrogens with one attached hydrogen (secondary N) is 1. The molecule has 2 amide bonds. The molecule has 0 saturated carbocycles. The monoisotopic (exact) mass is 284 g/mol. The molecule has 0 radical (unpaired) electrons. The van der Waals surface area contributed by atoms with Gasteiger partial charge in [0.25, 0.3) is 0 Å². The van der Waals surface area contributed by atoms with Gasteiger partial charge in [-0.2, -0.15) is 0 Å². The standard InChI is InChI=1S/C15H28N2O3/c1-7-20-15(5,6)9-17-11(4)13(18)16-12(14(17)19)8-10(2)3/h10-12H,7-9H2,1-6H3,(H,16,18). The topological polar surface area (TPSA) is 58.6 Å². The summed E-state index contributed by atoms with van der Waals surface area (Å²) < 4.78 is 5.65. The summed E-state index contributed by atoms with van der Waals surface area (Å²) in [6.45, 7) is 12.7. The molecule has 0 spiro atoms. The van der Waals surface area contributed by atoms with Crippen molar-refractivity contribution in [2.45, 2.75) is 65.6 Å². The second kappa shape index (κ2) is 6.57. The van der Waals surface area contributed by atoms with Crippen LogP contribution in [-0.4, -0.2) is 47.6 Å². The van der Waals surface area contributed by atoms with Crippen LogP contribution in [0.2, 0.25) is 0 Å². The highest BCUT2D eigenvalue weighted by Gasteiger charge is 2.40. The number of piperazine rings is 1. The van der Waals surface area contributed by atoms with Gasteiger partial charge in [0.05, 0.1) is 12.1 Å². The van der Waals surface area contributed by atoms with E-state index in [0.717, 1.165) is 0 Å². The Hall–Kier alpha value is -1.10. The first kappa shape index (κ1) is 17.0. The fourth-order valence-corrected chi connectivity index (χ4v) is 2.58. The van der Waals surface area contributed by atoms with Gasteiger partial charge in [-0.3, -0.25) is 9.59 Å². The summed E-state index contributed by atoms with van der Waals surface area (Å²) in [5.74, 6) is 0.278. The maximum Gasteiger partial charge on any atom is 0.245 e. The number of hydrogen-bond acceptors (Lipinski definition) is 3. The number of nitrogens with zero attached hydrogens (tertiary/aromatic N) is 1. The number of amides is 2. The molecular formula is C15H28N2O3. The van der Waals surface area contributed by atoms with Crippen molar-refractivity contribution >= 4 is 11.8 Å². The highest BCUT2D eigenvalue weighted by atomic mass is 16.5. The van der Waals surface area contributed by atoms with E-state index in [1.165, 1.54) is 0 Å². The average Bonchev–Trinajstić information content (AvgIpc) is 2.31. The summed E-state index contributed by atoms with van der Waals surface area (Å²) in [4.78, 5) is 26.2. The molecular weight excluding hydrogens is 256 g/mol. The van der Waals surface area contributed by atoms with Crippen molar-refractivity contribution in [3.63, 3.8) is 0 Å². The SMILES string of the molecule is CCOC(C)(C)CN1C(=O)C(CC(C)C)NC(=O)C1C. The van der Waals surface area contributed by atoms with Crippen LogP contribution in [0.4, 0.5) is 0 Å². The van der Waals surface area contributed by atoms with Crippen LogP contribution in [0.25, 0.3) is 0 Å². The number of hydrogen-bond donors (Lipinski definition) is 1. The van der Waals surface area contributed by atoms with E-state index in [1.807, 2.05) is 34.6 Å². The van der Waals surface area contributed by atoms with E-state index < -0.39 is 17.7 Å². The first-order valence-corrected chi connectivity index (χ1v) is 7.42. The van der Waals surface area contributed by atoms with Gasteiger partial charge in [0.15, 0.2) is 0 Å². The van der Waals surface area contributed by atoms with E-state index >= 15 is 0 Å². The molecule has 1 rings (SSSR count). The van der Waals surface area contributed by atoms with Gasteiger partial charge in [0, 0.05) is 6.61 Å². The summed E-state index contributed by atoms with van der Waals surface area (Å²) in [6, 6.07) is -0.846. The maximum absolute atomic E-state index is 12.6. The van der Waals surface area contributed by atoms with Crippen LogP contribution >= 0.6 is 0 Å². The lowest BCUT2D eigenvalue weighted by atomic mass is 9.97. The van der Waals surface area contributed by atoms with E-state index in [1.54, 1.807) is 11.8 Å². The Labute approximate surface area is 122 Å². The Bertz CT molecular complexity index is 366. The zero-order valence-corrected chi connectivity index (χ0v) is 13.5. The molecule has 5 nitrogen and oxygen atoms in total. The third-order valence-corrected chi connectivity index (χ3v) is 3.54. The molecule has 1 saturated heterocycles. The van der Waals surface area contributed by atoms with Crippen molar-refractivity contribution < 1.29 is 14.3 Å². The molecule has 1 fully saturated rings. The average molecular weight is 284 g/mol. The van der Waals surface area contributed by atoms with Gasteiger partial charge in [-0.25, -0.2) is 0 Å². The fourth-order valence-electron chi connectivity index (χ4n) is 2.58. The molecule has 0 aromatic rings. The first-order chi connectivity index (χ1) is 9.18. The van der Waals surface area contributed by atoms with E-state index in [2.05, 4.69) is 5.32 Å². The Morgan fingerprint density at radius 2 is 1.95 bits per heavy atom. The molecule has 2 unspecified atom stereocenters.